The van der Waals surface area contributed by atoms with E-state index in [0.29, 0.717) is 11.6 Å². The molecule has 0 aromatic heterocycles. The van der Waals surface area contributed by atoms with Gasteiger partial charge in [0.05, 0.1) is 11.1 Å². The van der Waals surface area contributed by atoms with Crippen LogP contribution in [0.4, 0.5) is 10.1 Å². The fourth-order valence-electron chi connectivity index (χ4n) is 5.76. The highest BCUT2D eigenvalue weighted by Gasteiger charge is 2.61. The van der Waals surface area contributed by atoms with Crippen molar-refractivity contribution in [2.24, 2.45) is 5.41 Å². The van der Waals surface area contributed by atoms with Crippen molar-refractivity contribution in [3.63, 3.8) is 0 Å². The highest BCUT2D eigenvalue weighted by molar-refractivity contribution is 6.31. The fourth-order valence-corrected chi connectivity index (χ4v) is 6.13. The summed E-state index contributed by atoms with van der Waals surface area (Å²) >= 11 is 12.5. The molecule has 1 spiro atoms. The number of halogens is 3. The monoisotopic (exact) mass is 535 g/mol. The lowest BCUT2D eigenvalue weighted by Gasteiger charge is -2.39. The largest absolute Gasteiger partial charge is 0.389 e. The Kier molecular flexibility index (Phi) is 7.68. The van der Waals surface area contributed by atoms with E-state index in [1.807, 2.05) is 18.2 Å². The van der Waals surface area contributed by atoms with E-state index < -0.39 is 23.9 Å². The summed E-state index contributed by atoms with van der Waals surface area (Å²) < 4.78 is 14.9. The van der Waals surface area contributed by atoms with E-state index >= 15 is 0 Å². The number of benzene rings is 2. The van der Waals surface area contributed by atoms with Crippen molar-refractivity contribution < 1.29 is 19.1 Å². The number of nitrogens with one attached hydrogen (secondary N) is 3. The second-order valence-electron chi connectivity index (χ2n) is 10.9. The van der Waals surface area contributed by atoms with Crippen LogP contribution in [0.25, 0.3) is 0 Å². The molecule has 2 aromatic carbocycles. The first kappa shape index (κ1) is 26.9. The zero-order chi connectivity index (χ0) is 26.3. The van der Waals surface area contributed by atoms with Crippen molar-refractivity contribution in [3.8, 4) is 0 Å². The van der Waals surface area contributed by atoms with Gasteiger partial charge in [-0.1, -0.05) is 56.1 Å². The van der Waals surface area contributed by atoms with Gasteiger partial charge in [0.1, 0.15) is 12.4 Å². The molecular weight excluding hydrogens is 504 g/mol. The van der Waals surface area contributed by atoms with Crippen LogP contribution in [0.15, 0.2) is 36.4 Å². The number of hydrogen-bond donors (Lipinski definition) is 4. The standard InChI is InChI=1S/C27H32Cl2FN3O3/c1-26(2,3)12-22-27(14-32-21-11-19(29)20(30)10-18(21)27)23(15-5-4-6-16(28)9-15)24(33-22)25(36)31-8-7-17(35)13-34/h4-6,9-11,22-24,32-34H,7-8,12-14H2,1-3H3,(H,31,36). The summed E-state index contributed by atoms with van der Waals surface area (Å²) in [5, 5.41) is 19.5. The van der Waals surface area contributed by atoms with Crippen LogP contribution in [0.3, 0.4) is 0 Å². The van der Waals surface area contributed by atoms with Crippen molar-refractivity contribution in [2.75, 3.05) is 25.0 Å². The van der Waals surface area contributed by atoms with Gasteiger partial charge in [-0.2, -0.15) is 0 Å². The molecule has 4 atom stereocenters. The average Bonchev–Trinajstić information content (AvgIpc) is 3.31. The average molecular weight is 536 g/mol. The summed E-state index contributed by atoms with van der Waals surface area (Å²) in [5.74, 6) is -1.49. The summed E-state index contributed by atoms with van der Waals surface area (Å²) in [6, 6.07) is 9.70. The minimum absolute atomic E-state index is 0.0405. The van der Waals surface area contributed by atoms with Crippen LogP contribution in [0, 0.1) is 11.2 Å². The minimum Gasteiger partial charge on any atom is -0.389 e. The first-order valence-electron chi connectivity index (χ1n) is 12.1. The van der Waals surface area contributed by atoms with E-state index in [9.17, 15) is 14.0 Å². The predicted octanol–water partition coefficient (Wildman–Crippen LogP) is 4.42. The smallest absolute Gasteiger partial charge is 0.237 e. The Hall–Kier alpha value is -2.19. The highest BCUT2D eigenvalue weighted by atomic mass is 35.5. The molecule has 6 nitrogen and oxygen atoms in total. The molecule has 2 aliphatic rings. The number of fused-ring (bicyclic) bond motifs is 2. The molecule has 0 saturated carbocycles. The summed E-state index contributed by atoms with van der Waals surface area (Å²) in [6.45, 7) is 6.45. The van der Waals surface area contributed by atoms with Gasteiger partial charge < -0.3 is 21.1 Å². The molecule has 1 amide bonds. The van der Waals surface area contributed by atoms with E-state index in [1.54, 1.807) is 12.1 Å². The SMILES string of the molecule is CC(C)(C)CC1NC(C(=O)NCCC(=O)CO)C(c2cccc(Cl)c2)C12CNc1cc(Cl)c(F)cc12. The first-order valence-corrected chi connectivity index (χ1v) is 12.9. The maximum absolute atomic E-state index is 14.9. The number of aliphatic hydroxyl groups is 1. The van der Waals surface area contributed by atoms with Crippen LogP contribution < -0.4 is 16.0 Å². The molecule has 9 heteroatoms. The second-order valence-corrected chi connectivity index (χ2v) is 11.8. The fraction of sp³-hybridized carbons (Fsp3) is 0.481. The van der Waals surface area contributed by atoms with Gasteiger partial charge in [0.15, 0.2) is 5.78 Å². The third kappa shape index (κ3) is 5.12. The molecule has 4 N–H and O–H groups in total. The number of amides is 1. The molecule has 4 unspecified atom stereocenters. The number of aliphatic hydroxyl groups excluding tert-OH is 1. The van der Waals surface area contributed by atoms with Gasteiger partial charge in [0.2, 0.25) is 5.91 Å². The van der Waals surface area contributed by atoms with Gasteiger partial charge in [-0.3, -0.25) is 9.59 Å². The Morgan fingerprint density at radius 3 is 2.64 bits per heavy atom. The molecular formula is C27H32Cl2FN3O3. The van der Waals surface area contributed by atoms with Crippen LogP contribution in [-0.2, 0) is 15.0 Å². The number of rotatable bonds is 7. The lowest BCUT2D eigenvalue weighted by Crippen LogP contribution is -2.46. The zero-order valence-corrected chi connectivity index (χ0v) is 22.1. The lowest BCUT2D eigenvalue weighted by atomic mass is 9.63. The van der Waals surface area contributed by atoms with Gasteiger partial charge >= 0.3 is 0 Å². The Balaban J connectivity index is 1.84. The molecule has 194 valence electrons. The summed E-state index contributed by atoms with van der Waals surface area (Å²) in [4.78, 5) is 25.1. The van der Waals surface area contributed by atoms with Crippen LogP contribution in [0.2, 0.25) is 10.0 Å². The maximum Gasteiger partial charge on any atom is 0.237 e. The van der Waals surface area contributed by atoms with Gasteiger partial charge in [-0.15, -0.1) is 0 Å². The van der Waals surface area contributed by atoms with Gasteiger partial charge in [0, 0.05) is 47.6 Å². The molecule has 2 aromatic rings. The van der Waals surface area contributed by atoms with E-state index in [0.717, 1.165) is 23.2 Å². The first-order chi connectivity index (χ1) is 17.0. The predicted molar refractivity (Wildman–Crippen MR) is 140 cm³/mol. The van der Waals surface area contributed by atoms with Crippen molar-refractivity contribution in [2.45, 2.75) is 57.0 Å². The van der Waals surface area contributed by atoms with Crippen molar-refractivity contribution in [1.82, 2.24) is 10.6 Å². The number of carbonyl (C=O) groups excluding carboxylic acids is 2. The normalized spacial score (nSPS) is 25.0. The third-order valence-corrected chi connectivity index (χ3v) is 7.74. The summed E-state index contributed by atoms with van der Waals surface area (Å²) in [7, 11) is 0. The number of carbonyl (C=O) groups is 2. The van der Waals surface area contributed by atoms with Crippen LogP contribution in [0.5, 0.6) is 0 Å². The van der Waals surface area contributed by atoms with E-state index in [2.05, 4.69) is 36.7 Å². The zero-order valence-electron chi connectivity index (χ0n) is 20.6. The van der Waals surface area contributed by atoms with E-state index in [1.165, 1.54) is 6.07 Å². The number of ketones is 1. The van der Waals surface area contributed by atoms with Crippen molar-refractivity contribution in [1.29, 1.82) is 0 Å². The van der Waals surface area contributed by atoms with E-state index in [4.69, 9.17) is 28.3 Å². The van der Waals surface area contributed by atoms with Crippen molar-refractivity contribution in [3.05, 3.63) is 63.4 Å². The molecule has 0 bridgehead atoms. The molecule has 1 fully saturated rings. The van der Waals surface area contributed by atoms with E-state index in [-0.39, 0.29) is 47.1 Å². The molecule has 36 heavy (non-hydrogen) atoms. The Morgan fingerprint density at radius 2 is 1.97 bits per heavy atom. The molecule has 0 radical (unpaired) electrons. The lowest BCUT2D eigenvalue weighted by molar-refractivity contribution is -0.124. The van der Waals surface area contributed by atoms with Crippen LogP contribution >= 0.6 is 23.2 Å². The van der Waals surface area contributed by atoms with Crippen LogP contribution in [0.1, 0.15) is 50.7 Å². The molecule has 4 rings (SSSR count). The number of Topliss-reactive ketones (excluding diaryl/α,β-unsaturated/α-hetero) is 1. The second kappa shape index (κ2) is 10.3. The number of anilines is 1. The van der Waals surface area contributed by atoms with Gasteiger partial charge in [-0.25, -0.2) is 4.39 Å². The Morgan fingerprint density at radius 1 is 1.22 bits per heavy atom. The third-order valence-electron chi connectivity index (χ3n) is 7.21. The molecule has 2 aliphatic heterocycles. The molecule has 2 heterocycles. The topological polar surface area (TPSA) is 90.5 Å². The molecule has 0 aliphatic carbocycles. The molecule has 1 saturated heterocycles. The van der Waals surface area contributed by atoms with Gasteiger partial charge in [0.25, 0.3) is 0 Å². The summed E-state index contributed by atoms with van der Waals surface area (Å²) in [5.41, 5.74) is 1.64. The summed E-state index contributed by atoms with van der Waals surface area (Å²) in [6.07, 6.45) is 0.768. The highest BCUT2D eigenvalue weighted by Crippen LogP contribution is 2.56. The van der Waals surface area contributed by atoms with Crippen molar-refractivity contribution >= 4 is 40.6 Å². The quantitative estimate of drug-likeness (QED) is 0.421. The maximum atomic E-state index is 14.9. The van der Waals surface area contributed by atoms with Crippen LogP contribution in [-0.4, -0.2) is 48.6 Å². The Bertz CT molecular complexity index is 1170. The minimum atomic E-state index is -0.665. The Labute approximate surface area is 220 Å². The number of hydrogen-bond acceptors (Lipinski definition) is 5. The van der Waals surface area contributed by atoms with Gasteiger partial charge in [-0.05, 0) is 47.2 Å².